The van der Waals surface area contributed by atoms with Gasteiger partial charge in [-0.3, -0.25) is 4.79 Å². The molecule has 0 aromatic rings. The molecule has 0 bridgehead atoms. The number of nitrogens with one attached hydrogen (secondary N) is 2. The van der Waals surface area contributed by atoms with Gasteiger partial charge in [0.1, 0.15) is 0 Å². The molecule has 0 saturated carbocycles. The molecule has 0 aliphatic carbocycles. The molecular weight excluding hydrogens is 216 g/mol. The van der Waals surface area contributed by atoms with Crippen LogP contribution in [0.25, 0.3) is 0 Å². The Morgan fingerprint density at radius 2 is 2.06 bits per heavy atom. The van der Waals surface area contributed by atoms with Crippen LogP contribution in [0.2, 0.25) is 0 Å². The lowest BCUT2D eigenvalue weighted by molar-refractivity contribution is -0.131. The highest BCUT2D eigenvalue weighted by Crippen LogP contribution is 2.27. The molecule has 0 radical (unpaired) electrons. The Kier molecular flexibility index (Phi) is 5.92. The zero-order valence-corrected chi connectivity index (χ0v) is 11.3. The number of piperidine rings is 1. The number of rotatable bonds is 6. The van der Waals surface area contributed by atoms with E-state index in [-0.39, 0.29) is 17.4 Å². The number of amides is 1. The normalized spacial score (nSPS) is 19.3. The SMILES string of the molecule is CC(C)OCCCNC(=O)C1(C)CCNCC1. The maximum atomic E-state index is 12.0. The minimum Gasteiger partial charge on any atom is -0.379 e. The largest absolute Gasteiger partial charge is 0.379 e. The quantitative estimate of drug-likeness (QED) is 0.690. The Hall–Kier alpha value is -0.610. The van der Waals surface area contributed by atoms with Crippen LogP contribution in [-0.2, 0) is 9.53 Å². The van der Waals surface area contributed by atoms with Crippen LogP contribution in [0.5, 0.6) is 0 Å². The Labute approximate surface area is 104 Å². The predicted octanol–water partition coefficient (Wildman–Crippen LogP) is 1.31. The molecule has 2 N–H and O–H groups in total. The lowest BCUT2D eigenvalue weighted by Gasteiger charge is -2.32. The summed E-state index contributed by atoms with van der Waals surface area (Å²) in [5.74, 6) is 0.198. The van der Waals surface area contributed by atoms with Gasteiger partial charge in [0, 0.05) is 18.6 Å². The Balaban J connectivity index is 2.15. The molecule has 1 amide bonds. The van der Waals surface area contributed by atoms with E-state index >= 15 is 0 Å². The predicted molar refractivity (Wildman–Crippen MR) is 68.9 cm³/mol. The summed E-state index contributed by atoms with van der Waals surface area (Å²) in [5, 5.41) is 6.30. The van der Waals surface area contributed by atoms with Gasteiger partial charge in [0.15, 0.2) is 0 Å². The van der Waals surface area contributed by atoms with Crippen molar-refractivity contribution in [3.8, 4) is 0 Å². The Morgan fingerprint density at radius 1 is 1.41 bits per heavy atom. The first-order chi connectivity index (χ1) is 8.04. The number of carbonyl (C=O) groups is 1. The first kappa shape index (κ1) is 14.5. The van der Waals surface area contributed by atoms with Gasteiger partial charge in [0.05, 0.1) is 6.10 Å². The monoisotopic (exact) mass is 242 g/mol. The van der Waals surface area contributed by atoms with Crippen molar-refractivity contribution in [1.82, 2.24) is 10.6 Å². The standard InChI is InChI=1S/C13H26N2O2/c1-11(2)17-10-4-7-15-12(16)13(3)5-8-14-9-6-13/h11,14H,4-10H2,1-3H3,(H,15,16). The van der Waals surface area contributed by atoms with E-state index in [4.69, 9.17) is 4.74 Å². The van der Waals surface area contributed by atoms with E-state index in [0.29, 0.717) is 6.54 Å². The molecule has 1 aliphatic heterocycles. The van der Waals surface area contributed by atoms with E-state index in [2.05, 4.69) is 17.6 Å². The first-order valence-corrected chi connectivity index (χ1v) is 6.65. The molecule has 0 spiro atoms. The molecule has 1 aliphatic rings. The van der Waals surface area contributed by atoms with E-state index in [1.807, 2.05) is 13.8 Å². The van der Waals surface area contributed by atoms with Gasteiger partial charge in [-0.05, 0) is 46.2 Å². The van der Waals surface area contributed by atoms with Crippen molar-refractivity contribution < 1.29 is 9.53 Å². The first-order valence-electron chi connectivity index (χ1n) is 6.65. The van der Waals surface area contributed by atoms with Gasteiger partial charge >= 0.3 is 0 Å². The molecular formula is C13H26N2O2. The van der Waals surface area contributed by atoms with Crippen LogP contribution in [0, 0.1) is 5.41 Å². The van der Waals surface area contributed by atoms with Crippen LogP contribution >= 0.6 is 0 Å². The smallest absolute Gasteiger partial charge is 0.226 e. The second kappa shape index (κ2) is 6.97. The Morgan fingerprint density at radius 3 is 2.65 bits per heavy atom. The van der Waals surface area contributed by atoms with Crippen molar-refractivity contribution >= 4 is 5.91 Å². The van der Waals surface area contributed by atoms with Crippen LogP contribution in [-0.4, -0.2) is 38.3 Å². The van der Waals surface area contributed by atoms with Crippen LogP contribution in [0.4, 0.5) is 0 Å². The highest BCUT2D eigenvalue weighted by atomic mass is 16.5. The lowest BCUT2D eigenvalue weighted by Crippen LogP contribution is -2.46. The zero-order valence-electron chi connectivity index (χ0n) is 11.3. The van der Waals surface area contributed by atoms with Crippen molar-refractivity contribution in [3.63, 3.8) is 0 Å². The average molecular weight is 242 g/mol. The summed E-state index contributed by atoms with van der Waals surface area (Å²) in [6.07, 6.45) is 3.02. The van der Waals surface area contributed by atoms with Gasteiger partial charge < -0.3 is 15.4 Å². The maximum Gasteiger partial charge on any atom is 0.226 e. The molecule has 0 atom stereocenters. The minimum atomic E-state index is -0.176. The van der Waals surface area contributed by atoms with Crippen molar-refractivity contribution in [1.29, 1.82) is 0 Å². The van der Waals surface area contributed by atoms with Crippen LogP contribution in [0.3, 0.4) is 0 Å². The molecule has 1 heterocycles. The molecule has 4 nitrogen and oxygen atoms in total. The summed E-state index contributed by atoms with van der Waals surface area (Å²) in [4.78, 5) is 12.0. The maximum absolute atomic E-state index is 12.0. The molecule has 100 valence electrons. The van der Waals surface area contributed by atoms with Crippen molar-refractivity contribution in [3.05, 3.63) is 0 Å². The molecule has 0 aromatic heterocycles. The molecule has 1 saturated heterocycles. The zero-order chi connectivity index (χ0) is 12.7. The van der Waals surface area contributed by atoms with Gasteiger partial charge in [0.2, 0.25) is 5.91 Å². The molecule has 1 fully saturated rings. The summed E-state index contributed by atoms with van der Waals surface area (Å²) in [7, 11) is 0. The van der Waals surface area contributed by atoms with E-state index in [9.17, 15) is 4.79 Å². The summed E-state index contributed by atoms with van der Waals surface area (Å²) < 4.78 is 5.43. The number of ether oxygens (including phenoxy) is 1. The highest BCUT2D eigenvalue weighted by Gasteiger charge is 2.33. The van der Waals surface area contributed by atoms with Crippen LogP contribution < -0.4 is 10.6 Å². The fourth-order valence-corrected chi connectivity index (χ4v) is 2.01. The molecule has 17 heavy (non-hydrogen) atoms. The van der Waals surface area contributed by atoms with Crippen molar-refractivity contribution in [2.45, 2.75) is 46.1 Å². The van der Waals surface area contributed by atoms with Gasteiger partial charge in [-0.2, -0.15) is 0 Å². The van der Waals surface area contributed by atoms with Crippen molar-refractivity contribution in [2.24, 2.45) is 5.41 Å². The molecule has 0 unspecified atom stereocenters. The summed E-state index contributed by atoms with van der Waals surface area (Å²) in [5.41, 5.74) is -0.176. The van der Waals surface area contributed by atoms with Crippen LogP contribution in [0.1, 0.15) is 40.0 Å². The lowest BCUT2D eigenvalue weighted by atomic mass is 9.80. The minimum absolute atomic E-state index is 0.176. The van der Waals surface area contributed by atoms with Gasteiger partial charge in [0.25, 0.3) is 0 Å². The van der Waals surface area contributed by atoms with Crippen LogP contribution in [0.15, 0.2) is 0 Å². The fraction of sp³-hybridized carbons (Fsp3) is 0.923. The van der Waals surface area contributed by atoms with E-state index in [1.54, 1.807) is 0 Å². The van der Waals surface area contributed by atoms with Gasteiger partial charge in [-0.1, -0.05) is 6.92 Å². The fourth-order valence-electron chi connectivity index (χ4n) is 2.01. The third kappa shape index (κ3) is 5.04. The second-order valence-electron chi connectivity index (χ2n) is 5.34. The number of carbonyl (C=O) groups excluding carboxylic acids is 1. The highest BCUT2D eigenvalue weighted by molar-refractivity contribution is 5.82. The molecule has 0 aromatic carbocycles. The number of hydrogen-bond acceptors (Lipinski definition) is 3. The summed E-state index contributed by atoms with van der Waals surface area (Å²) >= 11 is 0. The Bertz CT molecular complexity index is 236. The van der Waals surface area contributed by atoms with E-state index in [1.165, 1.54) is 0 Å². The van der Waals surface area contributed by atoms with E-state index in [0.717, 1.165) is 39.0 Å². The van der Waals surface area contributed by atoms with Gasteiger partial charge in [-0.15, -0.1) is 0 Å². The second-order valence-corrected chi connectivity index (χ2v) is 5.34. The summed E-state index contributed by atoms with van der Waals surface area (Å²) in [6.45, 7) is 9.43. The molecule has 4 heteroatoms. The van der Waals surface area contributed by atoms with E-state index < -0.39 is 0 Å². The molecule has 1 rings (SSSR count). The topological polar surface area (TPSA) is 50.4 Å². The third-order valence-electron chi connectivity index (χ3n) is 3.31. The van der Waals surface area contributed by atoms with Gasteiger partial charge in [-0.25, -0.2) is 0 Å². The average Bonchev–Trinajstić information content (AvgIpc) is 2.29. The van der Waals surface area contributed by atoms with Crippen molar-refractivity contribution in [2.75, 3.05) is 26.2 Å². The third-order valence-corrected chi connectivity index (χ3v) is 3.31. The summed E-state index contributed by atoms with van der Waals surface area (Å²) in [6, 6.07) is 0. The number of hydrogen-bond donors (Lipinski definition) is 2.